The monoisotopic (exact) mass is 389 g/mol. The van der Waals surface area contributed by atoms with Crippen molar-refractivity contribution in [3.8, 4) is 0 Å². The highest BCUT2D eigenvalue weighted by atomic mass is 79.9. The summed E-state index contributed by atoms with van der Waals surface area (Å²) in [5, 5.41) is 1.95. The SMILES string of the molecule is O=S(=O)(c1ccc(F)cc1Br)N1CCCC1c1cccs1. The number of hydrogen-bond donors (Lipinski definition) is 0. The van der Waals surface area contributed by atoms with Gasteiger partial charge in [0.05, 0.1) is 10.9 Å². The number of thiophene rings is 1. The first kappa shape index (κ1) is 15.1. The van der Waals surface area contributed by atoms with E-state index in [0.717, 1.165) is 17.7 Å². The van der Waals surface area contributed by atoms with Crippen LogP contribution in [0.3, 0.4) is 0 Å². The molecule has 0 amide bonds. The number of rotatable bonds is 3. The van der Waals surface area contributed by atoms with Gasteiger partial charge in [0, 0.05) is 15.9 Å². The van der Waals surface area contributed by atoms with E-state index in [1.807, 2.05) is 17.5 Å². The Kier molecular flexibility index (Phi) is 4.18. The van der Waals surface area contributed by atoms with Crippen molar-refractivity contribution in [1.82, 2.24) is 4.31 Å². The Hall–Kier alpha value is -0.760. The summed E-state index contributed by atoms with van der Waals surface area (Å²) in [6, 6.07) is 7.45. The van der Waals surface area contributed by atoms with E-state index in [1.54, 1.807) is 11.3 Å². The van der Waals surface area contributed by atoms with Crippen molar-refractivity contribution in [3.63, 3.8) is 0 Å². The summed E-state index contributed by atoms with van der Waals surface area (Å²) < 4.78 is 40.7. The quantitative estimate of drug-likeness (QED) is 0.789. The molecule has 112 valence electrons. The zero-order valence-electron chi connectivity index (χ0n) is 11.0. The lowest BCUT2D eigenvalue weighted by Crippen LogP contribution is -2.30. The molecule has 3 nitrogen and oxygen atoms in total. The summed E-state index contributed by atoms with van der Waals surface area (Å²) in [6.45, 7) is 0.495. The lowest BCUT2D eigenvalue weighted by molar-refractivity contribution is 0.400. The van der Waals surface area contributed by atoms with Crippen molar-refractivity contribution in [2.24, 2.45) is 0 Å². The number of sulfonamides is 1. The van der Waals surface area contributed by atoms with Crippen LogP contribution >= 0.6 is 27.3 Å². The van der Waals surface area contributed by atoms with Crippen LogP contribution in [-0.2, 0) is 10.0 Å². The predicted molar refractivity (Wildman–Crippen MR) is 84.3 cm³/mol. The normalized spacial score (nSPS) is 20.0. The summed E-state index contributed by atoms with van der Waals surface area (Å²) in [5.74, 6) is -0.461. The highest BCUT2D eigenvalue weighted by Crippen LogP contribution is 2.39. The van der Waals surface area contributed by atoms with Crippen molar-refractivity contribution in [1.29, 1.82) is 0 Å². The Morgan fingerprint density at radius 3 is 2.81 bits per heavy atom. The molecule has 0 saturated carbocycles. The maximum Gasteiger partial charge on any atom is 0.244 e. The predicted octanol–water partition coefficient (Wildman–Crippen LogP) is 4.18. The fraction of sp³-hybridized carbons (Fsp3) is 0.286. The molecule has 1 unspecified atom stereocenters. The van der Waals surface area contributed by atoms with E-state index in [-0.39, 0.29) is 15.4 Å². The lowest BCUT2D eigenvalue weighted by atomic mass is 10.2. The van der Waals surface area contributed by atoms with Gasteiger partial charge in [0.2, 0.25) is 10.0 Å². The van der Waals surface area contributed by atoms with Crippen molar-refractivity contribution in [2.45, 2.75) is 23.8 Å². The lowest BCUT2D eigenvalue weighted by Gasteiger charge is -2.23. The Morgan fingerprint density at radius 2 is 2.14 bits per heavy atom. The average molecular weight is 390 g/mol. The molecule has 1 saturated heterocycles. The molecule has 1 aliphatic heterocycles. The van der Waals surface area contributed by atoms with Crippen LogP contribution in [0.1, 0.15) is 23.8 Å². The largest absolute Gasteiger partial charge is 0.244 e. The molecule has 1 aromatic carbocycles. The minimum Gasteiger partial charge on any atom is -0.207 e. The summed E-state index contributed by atoms with van der Waals surface area (Å²) in [4.78, 5) is 1.17. The third kappa shape index (κ3) is 2.79. The first-order valence-corrected chi connectivity index (χ1v) is 9.62. The van der Waals surface area contributed by atoms with Gasteiger partial charge in [-0.15, -0.1) is 11.3 Å². The zero-order chi connectivity index (χ0) is 15.0. The van der Waals surface area contributed by atoms with E-state index >= 15 is 0 Å². The fourth-order valence-corrected chi connectivity index (χ4v) is 6.23. The van der Waals surface area contributed by atoms with Crippen LogP contribution in [0.5, 0.6) is 0 Å². The summed E-state index contributed by atoms with van der Waals surface area (Å²) in [5.41, 5.74) is 0. The number of halogens is 2. The maximum absolute atomic E-state index is 13.2. The first-order chi connectivity index (χ1) is 10.00. The van der Waals surface area contributed by atoms with Gasteiger partial charge in [-0.05, 0) is 58.4 Å². The van der Waals surface area contributed by atoms with Crippen molar-refractivity contribution >= 4 is 37.3 Å². The van der Waals surface area contributed by atoms with Crippen molar-refractivity contribution in [3.05, 3.63) is 50.9 Å². The molecule has 0 bridgehead atoms. The average Bonchev–Trinajstić information content (AvgIpc) is 3.09. The second-order valence-corrected chi connectivity index (χ2v) is 8.56. The van der Waals surface area contributed by atoms with Gasteiger partial charge in [-0.2, -0.15) is 4.31 Å². The van der Waals surface area contributed by atoms with Crippen molar-refractivity contribution in [2.75, 3.05) is 6.54 Å². The molecule has 0 aliphatic carbocycles. The van der Waals surface area contributed by atoms with Gasteiger partial charge >= 0.3 is 0 Å². The number of hydrogen-bond acceptors (Lipinski definition) is 3. The molecule has 0 spiro atoms. The van der Waals surface area contributed by atoms with E-state index in [2.05, 4.69) is 15.9 Å². The third-order valence-electron chi connectivity index (χ3n) is 3.56. The Morgan fingerprint density at radius 1 is 1.33 bits per heavy atom. The van der Waals surface area contributed by atoms with Crippen LogP contribution in [0.15, 0.2) is 45.1 Å². The van der Waals surface area contributed by atoms with Crippen LogP contribution in [-0.4, -0.2) is 19.3 Å². The fourth-order valence-electron chi connectivity index (χ4n) is 2.60. The smallest absolute Gasteiger partial charge is 0.207 e. The molecule has 1 fully saturated rings. The molecular weight excluding hydrogens is 377 g/mol. The van der Waals surface area contributed by atoms with E-state index in [9.17, 15) is 12.8 Å². The minimum absolute atomic E-state index is 0.118. The van der Waals surface area contributed by atoms with Gasteiger partial charge in [-0.25, -0.2) is 12.8 Å². The standard InChI is InChI=1S/C14H13BrFNO2S2/c15-11-9-10(16)5-6-14(11)21(18,19)17-7-1-3-12(17)13-4-2-8-20-13/h2,4-6,8-9,12H,1,3,7H2. The molecule has 1 aromatic heterocycles. The molecule has 1 aliphatic rings. The summed E-state index contributed by atoms with van der Waals surface area (Å²) in [7, 11) is -3.63. The molecule has 21 heavy (non-hydrogen) atoms. The number of benzene rings is 1. The topological polar surface area (TPSA) is 37.4 Å². The van der Waals surface area contributed by atoms with Gasteiger partial charge in [-0.3, -0.25) is 0 Å². The molecule has 0 N–H and O–H groups in total. The molecule has 1 atom stereocenters. The van der Waals surface area contributed by atoms with Crippen LogP contribution in [0.2, 0.25) is 0 Å². The van der Waals surface area contributed by atoms with Crippen LogP contribution in [0, 0.1) is 5.82 Å². The second kappa shape index (κ2) is 5.79. The Balaban J connectivity index is 2.01. The van der Waals surface area contributed by atoms with Gasteiger partial charge in [0.1, 0.15) is 5.82 Å². The second-order valence-electron chi connectivity index (χ2n) is 4.86. The van der Waals surface area contributed by atoms with Gasteiger partial charge < -0.3 is 0 Å². The summed E-state index contributed by atoms with van der Waals surface area (Å²) in [6.07, 6.45) is 1.65. The highest BCUT2D eigenvalue weighted by Gasteiger charge is 2.37. The van der Waals surface area contributed by atoms with Gasteiger partial charge in [0.25, 0.3) is 0 Å². The number of nitrogens with zero attached hydrogens (tertiary/aromatic N) is 1. The molecule has 2 aromatic rings. The zero-order valence-corrected chi connectivity index (χ0v) is 14.2. The molecule has 2 heterocycles. The molecule has 0 radical (unpaired) electrons. The van der Waals surface area contributed by atoms with E-state index in [4.69, 9.17) is 0 Å². The van der Waals surface area contributed by atoms with Crippen molar-refractivity contribution < 1.29 is 12.8 Å². The third-order valence-corrected chi connectivity index (χ3v) is 7.41. The Bertz CT molecular complexity index is 746. The molecule has 7 heteroatoms. The van der Waals surface area contributed by atoms with E-state index in [1.165, 1.54) is 22.5 Å². The van der Waals surface area contributed by atoms with Crippen LogP contribution in [0.4, 0.5) is 4.39 Å². The van der Waals surface area contributed by atoms with Gasteiger partial charge in [0.15, 0.2) is 0 Å². The summed E-state index contributed by atoms with van der Waals surface area (Å²) >= 11 is 4.72. The Labute approximate surface area is 135 Å². The molecular formula is C14H13BrFNO2S2. The van der Waals surface area contributed by atoms with E-state index in [0.29, 0.717) is 6.54 Å². The van der Waals surface area contributed by atoms with Crippen LogP contribution < -0.4 is 0 Å². The van der Waals surface area contributed by atoms with Crippen LogP contribution in [0.25, 0.3) is 0 Å². The van der Waals surface area contributed by atoms with E-state index < -0.39 is 15.8 Å². The van der Waals surface area contributed by atoms with Gasteiger partial charge in [-0.1, -0.05) is 6.07 Å². The first-order valence-electron chi connectivity index (χ1n) is 6.50. The minimum atomic E-state index is -3.63. The maximum atomic E-state index is 13.2. The molecule has 3 rings (SSSR count). The highest BCUT2D eigenvalue weighted by molar-refractivity contribution is 9.10.